The van der Waals surface area contributed by atoms with Gasteiger partial charge in [-0.1, -0.05) is 0 Å². The maximum absolute atomic E-state index is 12.8. The number of hydrogen-bond acceptors (Lipinski definition) is 4. The lowest BCUT2D eigenvalue weighted by atomic mass is 10.2. The van der Waals surface area contributed by atoms with Gasteiger partial charge in [-0.05, 0) is 12.5 Å². The average Bonchev–Trinajstić information content (AvgIpc) is 2.27. The highest BCUT2D eigenvalue weighted by Gasteiger charge is 2.11. The van der Waals surface area contributed by atoms with E-state index < -0.39 is 17.6 Å². The molecule has 0 fully saturated rings. The highest BCUT2D eigenvalue weighted by molar-refractivity contribution is 5.98. The molecular formula is C10H13FN4O2. The van der Waals surface area contributed by atoms with Crippen molar-refractivity contribution in [3.8, 4) is 0 Å². The van der Waals surface area contributed by atoms with Crippen molar-refractivity contribution in [1.29, 1.82) is 0 Å². The van der Waals surface area contributed by atoms with Crippen molar-refractivity contribution in [2.24, 2.45) is 5.73 Å². The summed E-state index contributed by atoms with van der Waals surface area (Å²) in [6.45, 7) is 0.262. The molecule has 0 aliphatic heterocycles. The van der Waals surface area contributed by atoms with E-state index in [1.165, 1.54) is 0 Å². The number of rotatable bonds is 5. The summed E-state index contributed by atoms with van der Waals surface area (Å²) >= 11 is 0. The summed E-state index contributed by atoms with van der Waals surface area (Å²) in [6, 6.07) is 1.01. The van der Waals surface area contributed by atoms with Crippen molar-refractivity contribution in [2.45, 2.75) is 12.8 Å². The molecule has 0 radical (unpaired) electrons. The molecule has 1 heterocycles. The van der Waals surface area contributed by atoms with Crippen LogP contribution in [0.2, 0.25) is 0 Å². The van der Waals surface area contributed by atoms with Gasteiger partial charge in [0.1, 0.15) is 11.6 Å². The number of pyridine rings is 1. The lowest BCUT2D eigenvalue weighted by Gasteiger charge is -2.06. The Bertz CT molecular complexity index is 436. The van der Waals surface area contributed by atoms with Crippen LogP contribution in [0.25, 0.3) is 0 Å². The van der Waals surface area contributed by atoms with Crippen LogP contribution in [0.3, 0.4) is 0 Å². The van der Waals surface area contributed by atoms with Crippen LogP contribution >= 0.6 is 0 Å². The first-order chi connectivity index (χ1) is 8.00. The Morgan fingerprint density at radius 2 is 2.18 bits per heavy atom. The number of amides is 2. The molecule has 1 aromatic rings. The van der Waals surface area contributed by atoms with Gasteiger partial charge < -0.3 is 16.8 Å². The van der Waals surface area contributed by atoms with Crippen LogP contribution < -0.4 is 16.8 Å². The van der Waals surface area contributed by atoms with Gasteiger partial charge in [-0.25, -0.2) is 9.37 Å². The molecular weight excluding hydrogens is 227 g/mol. The van der Waals surface area contributed by atoms with Gasteiger partial charge in [-0.2, -0.15) is 0 Å². The number of nitrogens with zero attached hydrogens (tertiary/aromatic N) is 1. The van der Waals surface area contributed by atoms with Crippen LogP contribution in [0.4, 0.5) is 10.2 Å². The van der Waals surface area contributed by atoms with Crippen molar-refractivity contribution in [3.63, 3.8) is 0 Å². The minimum absolute atomic E-state index is 0.0240. The van der Waals surface area contributed by atoms with Crippen LogP contribution in [-0.4, -0.2) is 23.3 Å². The van der Waals surface area contributed by atoms with E-state index >= 15 is 0 Å². The second kappa shape index (κ2) is 5.78. The Morgan fingerprint density at radius 1 is 1.47 bits per heavy atom. The number of carbonyl (C=O) groups is 2. The number of nitrogens with two attached hydrogens (primary N) is 2. The van der Waals surface area contributed by atoms with Gasteiger partial charge in [0.15, 0.2) is 0 Å². The van der Waals surface area contributed by atoms with E-state index in [1.807, 2.05) is 0 Å². The molecule has 7 heteroatoms. The zero-order valence-electron chi connectivity index (χ0n) is 9.07. The van der Waals surface area contributed by atoms with E-state index in [-0.39, 0.29) is 24.3 Å². The van der Waals surface area contributed by atoms with Crippen LogP contribution in [0.5, 0.6) is 0 Å². The van der Waals surface area contributed by atoms with Gasteiger partial charge in [0.05, 0.1) is 11.8 Å². The fourth-order valence-corrected chi connectivity index (χ4v) is 1.19. The molecule has 1 rings (SSSR count). The zero-order chi connectivity index (χ0) is 12.8. The van der Waals surface area contributed by atoms with E-state index in [4.69, 9.17) is 11.5 Å². The molecule has 0 saturated heterocycles. The van der Waals surface area contributed by atoms with Crippen LogP contribution in [0.15, 0.2) is 12.3 Å². The quantitative estimate of drug-likeness (QED) is 0.618. The Kier molecular flexibility index (Phi) is 4.38. The van der Waals surface area contributed by atoms with E-state index in [9.17, 15) is 14.0 Å². The molecule has 0 saturated carbocycles. The molecule has 0 aromatic carbocycles. The first kappa shape index (κ1) is 12.9. The molecule has 0 aliphatic rings. The predicted molar refractivity (Wildman–Crippen MR) is 59.4 cm³/mol. The standard InChI is InChI=1S/C10H13FN4O2/c11-6-4-7(9(13)15-5-6)10(17)14-3-1-2-8(12)16/h4-5H,1-3H2,(H2,12,16)(H2,13,15)(H,14,17). The Balaban J connectivity index is 2.52. The number of nitrogen functional groups attached to an aromatic ring is 1. The van der Waals surface area contributed by atoms with Gasteiger partial charge >= 0.3 is 0 Å². The summed E-state index contributed by atoms with van der Waals surface area (Å²) in [6.07, 6.45) is 1.53. The summed E-state index contributed by atoms with van der Waals surface area (Å²) in [5.74, 6) is -1.65. The lowest BCUT2D eigenvalue weighted by Crippen LogP contribution is -2.26. The molecule has 0 spiro atoms. The first-order valence-electron chi connectivity index (χ1n) is 4.98. The summed E-state index contributed by atoms with van der Waals surface area (Å²) in [4.78, 5) is 25.5. The molecule has 17 heavy (non-hydrogen) atoms. The molecule has 6 nitrogen and oxygen atoms in total. The lowest BCUT2D eigenvalue weighted by molar-refractivity contribution is -0.118. The summed E-state index contributed by atoms with van der Waals surface area (Å²) in [7, 11) is 0. The Morgan fingerprint density at radius 3 is 2.82 bits per heavy atom. The molecule has 1 aromatic heterocycles. The monoisotopic (exact) mass is 240 g/mol. The van der Waals surface area contributed by atoms with E-state index in [0.29, 0.717) is 6.42 Å². The first-order valence-corrected chi connectivity index (χ1v) is 4.98. The van der Waals surface area contributed by atoms with Crippen LogP contribution in [0.1, 0.15) is 23.2 Å². The number of hydrogen-bond donors (Lipinski definition) is 3. The minimum Gasteiger partial charge on any atom is -0.383 e. The van der Waals surface area contributed by atoms with Gasteiger partial charge in [-0.3, -0.25) is 9.59 Å². The second-order valence-electron chi connectivity index (χ2n) is 3.41. The second-order valence-corrected chi connectivity index (χ2v) is 3.41. The number of carbonyl (C=O) groups excluding carboxylic acids is 2. The molecule has 2 amide bonds. The van der Waals surface area contributed by atoms with E-state index in [0.717, 1.165) is 12.3 Å². The maximum atomic E-state index is 12.8. The van der Waals surface area contributed by atoms with Crippen molar-refractivity contribution in [1.82, 2.24) is 10.3 Å². The Labute approximate surface area is 97.2 Å². The van der Waals surface area contributed by atoms with Crippen LogP contribution in [-0.2, 0) is 4.79 Å². The van der Waals surface area contributed by atoms with E-state index in [1.54, 1.807) is 0 Å². The summed E-state index contributed by atoms with van der Waals surface area (Å²) < 4.78 is 12.8. The summed E-state index contributed by atoms with van der Waals surface area (Å²) in [5, 5.41) is 2.49. The average molecular weight is 240 g/mol. The summed E-state index contributed by atoms with van der Waals surface area (Å²) in [5.41, 5.74) is 10.3. The normalized spacial score (nSPS) is 9.94. The molecule has 5 N–H and O–H groups in total. The molecule has 0 bridgehead atoms. The smallest absolute Gasteiger partial charge is 0.255 e. The number of primary amides is 1. The Hall–Kier alpha value is -2.18. The van der Waals surface area contributed by atoms with Gasteiger partial charge in [0, 0.05) is 13.0 Å². The number of halogens is 1. The highest BCUT2D eigenvalue weighted by atomic mass is 19.1. The fraction of sp³-hybridized carbons (Fsp3) is 0.300. The predicted octanol–water partition coefficient (Wildman–Crippen LogP) is -0.202. The third-order valence-corrected chi connectivity index (χ3v) is 2.02. The topological polar surface area (TPSA) is 111 Å². The number of anilines is 1. The highest BCUT2D eigenvalue weighted by Crippen LogP contribution is 2.09. The number of nitrogens with one attached hydrogen (secondary N) is 1. The molecule has 0 aliphatic carbocycles. The van der Waals surface area contributed by atoms with Gasteiger partial charge in [-0.15, -0.1) is 0 Å². The fourth-order valence-electron chi connectivity index (χ4n) is 1.19. The molecule has 0 atom stereocenters. The van der Waals surface area contributed by atoms with Gasteiger partial charge in [0.25, 0.3) is 5.91 Å². The van der Waals surface area contributed by atoms with E-state index in [2.05, 4.69) is 10.3 Å². The van der Waals surface area contributed by atoms with Crippen LogP contribution in [0, 0.1) is 5.82 Å². The molecule has 0 unspecified atom stereocenters. The van der Waals surface area contributed by atoms with Crippen molar-refractivity contribution in [3.05, 3.63) is 23.6 Å². The molecule has 92 valence electrons. The third kappa shape index (κ3) is 4.06. The van der Waals surface area contributed by atoms with Crippen molar-refractivity contribution >= 4 is 17.6 Å². The largest absolute Gasteiger partial charge is 0.383 e. The maximum Gasteiger partial charge on any atom is 0.255 e. The number of aromatic nitrogens is 1. The zero-order valence-corrected chi connectivity index (χ0v) is 9.07. The third-order valence-electron chi connectivity index (χ3n) is 2.02. The minimum atomic E-state index is -0.638. The van der Waals surface area contributed by atoms with Gasteiger partial charge in [0.2, 0.25) is 5.91 Å². The van der Waals surface area contributed by atoms with Crippen molar-refractivity contribution in [2.75, 3.05) is 12.3 Å². The SMILES string of the molecule is NC(=O)CCCNC(=O)c1cc(F)cnc1N. The van der Waals surface area contributed by atoms with Crippen molar-refractivity contribution < 1.29 is 14.0 Å².